The molecule has 1 amide bonds. The Kier molecular flexibility index (Phi) is 5.38. The van der Waals surface area contributed by atoms with Crippen LogP contribution in [0.15, 0.2) is 47.1 Å². The number of anilines is 1. The van der Waals surface area contributed by atoms with E-state index in [4.69, 9.17) is 9.15 Å². The second kappa shape index (κ2) is 7.88. The second-order valence-corrected chi connectivity index (χ2v) is 5.79. The lowest BCUT2D eigenvalue weighted by molar-refractivity contribution is -0.122. The third-order valence-corrected chi connectivity index (χ3v) is 4.21. The van der Waals surface area contributed by atoms with Crippen LogP contribution >= 0.6 is 0 Å². The largest absolute Gasteiger partial charge is 0.495 e. The molecule has 0 unspecified atom stereocenters. The summed E-state index contributed by atoms with van der Waals surface area (Å²) in [5, 5.41) is 2.89. The van der Waals surface area contributed by atoms with E-state index in [-0.39, 0.29) is 5.91 Å². The number of furan rings is 1. The standard InChI is InChI=1S/C18H23N3O3/c1-23-17-7-3-2-6-16(17)21-10-8-20(9-11-21)14-18(22)19-13-15-5-4-12-24-15/h2-7,12H,8-11,13-14H2,1H3,(H,19,22). The Hall–Kier alpha value is -2.47. The van der Waals surface area contributed by atoms with Gasteiger partial charge >= 0.3 is 0 Å². The third-order valence-electron chi connectivity index (χ3n) is 4.21. The van der Waals surface area contributed by atoms with Gasteiger partial charge in [0.05, 0.1) is 32.1 Å². The van der Waals surface area contributed by atoms with Crippen molar-refractivity contribution < 1.29 is 13.9 Å². The van der Waals surface area contributed by atoms with Crippen LogP contribution in [0.2, 0.25) is 0 Å². The van der Waals surface area contributed by atoms with Crippen molar-refractivity contribution in [3.63, 3.8) is 0 Å². The van der Waals surface area contributed by atoms with E-state index < -0.39 is 0 Å². The normalized spacial score (nSPS) is 15.3. The van der Waals surface area contributed by atoms with Gasteiger partial charge in [-0.25, -0.2) is 0 Å². The van der Waals surface area contributed by atoms with Gasteiger partial charge in [0.15, 0.2) is 0 Å². The summed E-state index contributed by atoms with van der Waals surface area (Å²) in [6, 6.07) is 11.7. The SMILES string of the molecule is COc1ccccc1N1CCN(CC(=O)NCc2ccco2)CC1. The number of hydrogen-bond acceptors (Lipinski definition) is 5. The number of methoxy groups -OCH3 is 1. The highest BCUT2D eigenvalue weighted by molar-refractivity contribution is 5.78. The van der Waals surface area contributed by atoms with Gasteiger partial charge in [-0.15, -0.1) is 0 Å². The summed E-state index contributed by atoms with van der Waals surface area (Å²) in [6.07, 6.45) is 1.61. The number of nitrogens with zero attached hydrogens (tertiary/aromatic N) is 2. The summed E-state index contributed by atoms with van der Waals surface area (Å²) in [7, 11) is 1.69. The first-order chi connectivity index (χ1) is 11.8. The van der Waals surface area contributed by atoms with E-state index in [1.54, 1.807) is 13.4 Å². The first-order valence-electron chi connectivity index (χ1n) is 8.15. The molecule has 0 spiro atoms. The van der Waals surface area contributed by atoms with Crippen LogP contribution in [0, 0.1) is 0 Å². The number of carbonyl (C=O) groups excluding carboxylic acids is 1. The topological polar surface area (TPSA) is 58.0 Å². The summed E-state index contributed by atoms with van der Waals surface area (Å²) in [5.74, 6) is 1.68. The van der Waals surface area contributed by atoms with Gasteiger partial charge in [-0.05, 0) is 24.3 Å². The molecule has 1 aliphatic heterocycles. The Labute approximate surface area is 142 Å². The van der Waals surface area contributed by atoms with Crippen molar-refractivity contribution in [2.24, 2.45) is 0 Å². The number of amides is 1. The van der Waals surface area contributed by atoms with Gasteiger partial charge in [-0.1, -0.05) is 12.1 Å². The highest BCUT2D eigenvalue weighted by Gasteiger charge is 2.20. The monoisotopic (exact) mass is 329 g/mol. The van der Waals surface area contributed by atoms with Crippen molar-refractivity contribution in [2.45, 2.75) is 6.54 Å². The molecule has 128 valence electrons. The molecule has 1 aromatic heterocycles. The molecule has 3 rings (SSSR count). The van der Waals surface area contributed by atoms with Crippen LogP contribution in [0.4, 0.5) is 5.69 Å². The maximum Gasteiger partial charge on any atom is 0.234 e. The van der Waals surface area contributed by atoms with E-state index in [0.29, 0.717) is 13.1 Å². The number of carbonyl (C=O) groups is 1. The molecule has 0 saturated carbocycles. The highest BCUT2D eigenvalue weighted by atomic mass is 16.5. The predicted octanol–water partition coefficient (Wildman–Crippen LogP) is 1.73. The van der Waals surface area contributed by atoms with Gasteiger partial charge in [0.1, 0.15) is 11.5 Å². The van der Waals surface area contributed by atoms with Crippen LogP contribution in [0.5, 0.6) is 5.75 Å². The minimum absolute atomic E-state index is 0.0251. The molecule has 1 saturated heterocycles. The van der Waals surface area contributed by atoms with E-state index in [9.17, 15) is 4.79 Å². The Morgan fingerprint density at radius 2 is 1.96 bits per heavy atom. The first-order valence-corrected chi connectivity index (χ1v) is 8.15. The Morgan fingerprint density at radius 1 is 1.17 bits per heavy atom. The lowest BCUT2D eigenvalue weighted by Crippen LogP contribution is -2.49. The van der Waals surface area contributed by atoms with Crippen LogP contribution in [0.25, 0.3) is 0 Å². The van der Waals surface area contributed by atoms with Crippen LogP contribution in [-0.2, 0) is 11.3 Å². The average Bonchev–Trinajstić information content (AvgIpc) is 3.14. The van der Waals surface area contributed by atoms with Crippen molar-refractivity contribution in [1.82, 2.24) is 10.2 Å². The van der Waals surface area contributed by atoms with Crippen molar-refractivity contribution in [1.29, 1.82) is 0 Å². The summed E-state index contributed by atoms with van der Waals surface area (Å²) < 4.78 is 10.6. The van der Waals surface area contributed by atoms with Crippen molar-refractivity contribution in [2.75, 3.05) is 44.7 Å². The third kappa shape index (κ3) is 4.08. The number of ether oxygens (including phenoxy) is 1. The summed E-state index contributed by atoms with van der Waals surface area (Å²) >= 11 is 0. The van der Waals surface area contributed by atoms with E-state index in [1.165, 1.54) is 0 Å². The van der Waals surface area contributed by atoms with E-state index >= 15 is 0 Å². The van der Waals surface area contributed by atoms with Crippen molar-refractivity contribution in [3.8, 4) is 5.75 Å². The Bertz CT molecular complexity index is 649. The average molecular weight is 329 g/mol. The van der Waals surface area contributed by atoms with Gasteiger partial charge in [0, 0.05) is 26.2 Å². The molecule has 6 nitrogen and oxygen atoms in total. The predicted molar refractivity (Wildman–Crippen MR) is 92.2 cm³/mol. The molecule has 0 atom stereocenters. The van der Waals surface area contributed by atoms with Gasteiger partial charge in [-0.2, -0.15) is 0 Å². The van der Waals surface area contributed by atoms with Gasteiger partial charge in [0.25, 0.3) is 0 Å². The van der Waals surface area contributed by atoms with Crippen molar-refractivity contribution >= 4 is 11.6 Å². The van der Waals surface area contributed by atoms with E-state index in [2.05, 4.69) is 21.2 Å². The lowest BCUT2D eigenvalue weighted by atomic mass is 10.2. The summed E-state index contributed by atoms with van der Waals surface area (Å²) in [6.45, 7) is 4.32. The molecular weight excluding hydrogens is 306 g/mol. The smallest absolute Gasteiger partial charge is 0.234 e. The Morgan fingerprint density at radius 3 is 2.67 bits per heavy atom. The van der Waals surface area contributed by atoms with E-state index in [0.717, 1.165) is 43.4 Å². The molecule has 0 bridgehead atoms. The summed E-state index contributed by atoms with van der Waals surface area (Å²) in [5.41, 5.74) is 1.11. The molecule has 2 heterocycles. The zero-order valence-corrected chi connectivity index (χ0v) is 13.9. The summed E-state index contributed by atoms with van der Waals surface area (Å²) in [4.78, 5) is 16.5. The molecule has 0 aliphatic carbocycles. The fourth-order valence-corrected chi connectivity index (χ4v) is 2.90. The molecule has 2 aromatic rings. The van der Waals surface area contributed by atoms with Crippen molar-refractivity contribution in [3.05, 3.63) is 48.4 Å². The molecule has 6 heteroatoms. The molecule has 1 aliphatic rings. The molecule has 0 radical (unpaired) electrons. The molecular formula is C18H23N3O3. The fourth-order valence-electron chi connectivity index (χ4n) is 2.90. The number of piperazine rings is 1. The minimum Gasteiger partial charge on any atom is -0.495 e. The fraction of sp³-hybridized carbons (Fsp3) is 0.389. The minimum atomic E-state index is 0.0251. The first kappa shape index (κ1) is 16.4. The van der Waals surface area contributed by atoms with Crippen LogP contribution < -0.4 is 15.0 Å². The van der Waals surface area contributed by atoms with Gasteiger partial charge in [0.2, 0.25) is 5.91 Å². The lowest BCUT2D eigenvalue weighted by Gasteiger charge is -2.36. The quantitative estimate of drug-likeness (QED) is 0.875. The number of hydrogen-bond donors (Lipinski definition) is 1. The molecule has 24 heavy (non-hydrogen) atoms. The van der Waals surface area contributed by atoms with Gasteiger partial charge in [-0.3, -0.25) is 9.69 Å². The maximum absolute atomic E-state index is 12.0. The maximum atomic E-state index is 12.0. The molecule has 1 fully saturated rings. The van der Waals surface area contributed by atoms with Gasteiger partial charge < -0.3 is 19.4 Å². The number of rotatable bonds is 6. The second-order valence-electron chi connectivity index (χ2n) is 5.79. The number of nitrogens with one attached hydrogen (secondary N) is 1. The zero-order valence-electron chi connectivity index (χ0n) is 13.9. The molecule has 1 aromatic carbocycles. The highest BCUT2D eigenvalue weighted by Crippen LogP contribution is 2.28. The van der Waals surface area contributed by atoms with Crippen LogP contribution in [-0.4, -0.2) is 50.6 Å². The number of para-hydroxylation sites is 2. The molecule has 1 N–H and O–H groups in total. The van der Waals surface area contributed by atoms with Crippen LogP contribution in [0.3, 0.4) is 0 Å². The van der Waals surface area contributed by atoms with Crippen LogP contribution in [0.1, 0.15) is 5.76 Å². The number of benzene rings is 1. The Balaban J connectivity index is 1.45. The zero-order chi connectivity index (χ0) is 16.8. The van der Waals surface area contributed by atoms with E-state index in [1.807, 2.05) is 30.3 Å².